The van der Waals surface area contributed by atoms with Gasteiger partial charge in [0.05, 0.1) is 5.75 Å². The van der Waals surface area contributed by atoms with Gasteiger partial charge in [0.1, 0.15) is 12.4 Å². The number of aryl methyl sites for hydroxylation is 1. The van der Waals surface area contributed by atoms with Crippen molar-refractivity contribution in [3.63, 3.8) is 0 Å². The Bertz CT molecular complexity index is 914. The Kier molecular flexibility index (Phi) is 6.79. The molecule has 2 heterocycles. The Morgan fingerprint density at radius 1 is 1.17 bits per heavy atom. The van der Waals surface area contributed by atoms with Gasteiger partial charge in [0, 0.05) is 6.42 Å². The molecule has 3 aromatic rings. The number of unbranched alkanes of at least 4 members (excludes halogenated alkanes) is 1. The van der Waals surface area contributed by atoms with Crippen LogP contribution in [0.15, 0.2) is 33.9 Å². The van der Waals surface area contributed by atoms with Gasteiger partial charge in [-0.05, 0) is 29.5 Å². The highest BCUT2D eigenvalue weighted by Gasteiger charge is 2.15. The van der Waals surface area contributed by atoms with Crippen molar-refractivity contribution in [2.45, 2.75) is 69.9 Å². The van der Waals surface area contributed by atoms with Crippen molar-refractivity contribution in [3.8, 4) is 5.75 Å². The minimum Gasteiger partial charge on any atom is -0.486 e. The van der Waals surface area contributed by atoms with Crippen LogP contribution in [-0.4, -0.2) is 25.0 Å². The summed E-state index contributed by atoms with van der Waals surface area (Å²) >= 11 is 1.41. The highest BCUT2D eigenvalue weighted by atomic mass is 32.2. The second-order valence-corrected chi connectivity index (χ2v) is 8.77. The maximum atomic E-state index is 6.11. The molecular weight excluding hydrogens is 388 g/mol. The SMILES string of the molecule is CCCCc1nc(CSc2nnc(COc3ccc(C(C)(C)C)cc3)n2N)no1. The van der Waals surface area contributed by atoms with E-state index in [-0.39, 0.29) is 12.0 Å². The molecule has 8 nitrogen and oxygen atoms in total. The van der Waals surface area contributed by atoms with E-state index in [2.05, 4.69) is 60.2 Å². The van der Waals surface area contributed by atoms with Gasteiger partial charge >= 0.3 is 0 Å². The Balaban J connectivity index is 1.53. The van der Waals surface area contributed by atoms with Crippen LogP contribution in [0, 0.1) is 0 Å². The maximum absolute atomic E-state index is 6.11. The molecule has 0 amide bonds. The van der Waals surface area contributed by atoms with Crippen molar-refractivity contribution in [2.24, 2.45) is 0 Å². The molecule has 0 radical (unpaired) electrons. The molecule has 156 valence electrons. The quantitative estimate of drug-likeness (QED) is 0.414. The number of nitrogen functional groups attached to an aromatic ring is 1. The zero-order valence-electron chi connectivity index (χ0n) is 17.4. The summed E-state index contributed by atoms with van der Waals surface area (Å²) in [7, 11) is 0. The number of nitrogens with two attached hydrogens (primary N) is 1. The third kappa shape index (κ3) is 5.72. The summed E-state index contributed by atoms with van der Waals surface area (Å²) in [5, 5.41) is 12.8. The molecule has 3 rings (SSSR count). The van der Waals surface area contributed by atoms with Crippen LogP contribution in [0.1, 0.15) is 63.6 Å². The number of hydrogen-bond acceptors (Lipinski definition) is 8. The summed E-state index contributed by atoms with van der Waals surface area (Å²) in [5.74, 6) is 9.23. The molecule has 1 aromatic carbocycles. The summed E-state index contributed by atoms with van der Waals surface area (Å²) in [5.41, 5.74) is 1.36. The largest absolute Gasteiger partial charge is 0.486 e. The third-order valence-electron chi connectivity index (χ3n) is 4.41. The first-order chi connectivity index (χ1) is 13.9. The monoisotopic (exact) mass is 416 g/mol. The van der Waals surface area contributed by atoms with Gasteiger partial charge < -0.3 is 15.1 Å². The highest BCUT2D eigenvalue weighted by Crippen LogP contribution is 2.25. The van der Waals surface area contributed by atoms with Gasteiger partial charge in [0.15, 0.2) is 11.6 Å². The highest BCUT2D eigenvalue weighted by molar-refractivity contribution is 7.98. The first-order valence-corrected chi connectivity index (χ1v) is 10.7. The van der Waals surface area contributed by atoms with Crippen LogP contribution in [-0.2, 0) is 24.2 Å². The molecule has 0 unspecified atom stereocenters. The average Bonchev–Trinajstić information content (AvgIpc) is 3.29. The molecule has 0 aliphatic carbocycles. The van der Waals surface area contributed by atoms with E-state index in [4.69, 9.17) is 15.1 Å². The van der Waals surface area contributed by atoms with Gasteiger partial charge in [-0.15, -0.1) is 10.2 Å². The number of ether oxygens (including phenoxy) is 1. The van der Waals surface area contributed by atoms with E-state index in [0.29, 0.717) is 28.4 Å². The Hall–Kier alpha value is -2.55. The predicted octanol–water partition coefficient (Wildman–Crippen LogP) is 3.89. The van der Waals surface area contributed by atoms with Gasteiger partial charge in [-0.2, -0.15) is 4.98 Å². The number of rotatable bonds is 9. The van der Waals surface area contributed by atoms with Gasteiger partial charge in [-0.25, -0.2) is 4.68 Å². The lowest BCUT2D eigenvalue weighted by molar-refractivity contribution is 0.291. The molecule has 0 aliphatic heterocycles. The lowest BCUT2D eigenvalue weighted by atomic mass is 9.87. The molecule has 0 saturated carbocycles. The van der Waals surface area contributed by atoms with Crippen LogP contribution < -0.4 is 10.6 Å². The molecule has 0 atom stereocenters. The van der Waals surface area contributed by atoms with E-state index in [1.54, 1.807) is 0 Å². The van der Waals surface area contributed by atoms with Crippen molar-refractivity contribution < 1.29 is 9.26 Å². The molecule has 0 saturated heterocycles. The topological polar surface area (TPSA) is 105 Å². The number of hydrogen-bond donors (Lipinski definition) is 1. The normalized spacial score (nSPS) is 11.7. The van der Waals surface area contributed by atoms with Crippen molar-refractivity contribution >= 4 is 11.8 Å². The van der Waals surface area contributed by atoms with Crippen molar-refractivity contribution in [3.05, 3.63) is 47.4 Å². The average molecular weight is 417 g/mol. The van der Waals surface area contributed by atoms with Crippen LogP contribution >= 0.6 is 11.8 Å². The molecule has 0 fully saturated rings. The van der Waals surface area contributed by atoms with Crippen LogP contribution in [0.25, 0.3) is 0 Å². The summed E-state index contributed by atoms with van der Waals surface area (Å²) in [6.07, 6.45) is 2.93. The van der Waals surface area contributed by atoms with Crippen LogP contribution in [0.3, 0.4) is 0 Å². The lowest BCUT2D eigenvalue weighted by Crippen LogP contribution is -2.16. The summed E-state index contributed by atoms with van der Waals surface area (Å²) in [6.45, 7) is 8.91. The van der Waals surface area contributed by atoms with Crippen LogP contribution in [0.4, 0.5) is 0 Å². The minimum atomic E-state index is 0.109. The summed E-state index contributed by atoms with van der Waals surface area (Å²) in [6, 6.07) is 8.06. The summed E-state index contributed by atoms with van der Waals surface area (Å²) < 4.78 is 12.5. The van der Waals surface area contributed by atoms with Gasteiger partial charge in [-0.3, -0.25) is 0 Å². The number of aromatic nitrogens is 5. The Morgan fingerprint density at radius 3 is 2.62 bits per heavy atom. The number of benzene rings is 1. The zero-order chi connectivity index (χ0) is 20.9. The molecule has 9 heteroatoms. The number of thioether (sulfide) groups is 1. The minimum absolute atomic E-state index is 0.109. The van der Waals surface area contributed by atoms with Crippen molar-refractivity contribution in [2.75, 3.05) is 5.84 Å². The second kappa shape index (κ2) is 9.30. The fraction of sp³-hybridized carbons (Fsp3) is 0.500. The molecule has 0 spiro atoms. The molecule has 0 aliphatic rings. The van der Waals surface area contributed by atoms with Gasteiger partial charge in [-0.1, -0.05) is 63.2 Å². The van der Waals surface area contributed by atoms with Gasteiger partial charge in [0.2, 0.25) is 11.0 Å². The van der Waals surface area contributed by atoms with Crippen LogP contribution in [0.2, 0.25) is 0 Å². The van der Waals surface area contributed by atoms with E-state index >= 15 is 0 Å². The Morgan fingerprint density at radius 2 is 1.93 bits per heavy atom. The van der Waals surface area contributed by atoms with E-state index in [1.807, 2.05) is 12.1 Å². The smallest absolute Gasteiger partial charge is 0.226 e. The van der Waals surface area contributed by atoms with E-state index in [0.717, 1.165) is 25.0 Å². The van der Waals surface area contributed by atoms with Crippen molar-refractivity contribution in [1.82, 2.24) is 25.0 Å². The maximum Gasteiger partial charge on any atom is 0.226 e. The first kappa shape index (κ1) is 21.2. The van der Waals surface area contributed by atoms with E-state index in [1.165, 1.54) is 22.0 Å². The molecule has 0 bridgehead atoms. The van der Waals surface area contributed by atoms with E-state index < -0.39 is 0 Å². The number of nitrogens with zero attached hydrogens (tertiary/aromatic N) is 5. The zero-order valence-corrected chi connectivity index (χ0v) is 18.2. The standard InChI is InChI=1S/C20H28N6O2S/c1-5-6-7-18-22-16(25-28-18)13-29-19-24-23-17(26(19)21)12-27-15-10-8-14(9-11-15)20(2,3)4/h8-11H,5-7,12-13,21H2,1-4H3. The fourth-order valence-electron chi connectivity index (χ4n) is 2.61. The molecule has 2 N–H and O–H groups in total. The molecular formula is C20H28N6O2S. The third-order valence-corrected chi connectivity index (χ3v) is 5.35. The fourth-order valence-corrected chi connectivity index (χ4v) is 3.33. The van der Waals surface area contributed by atoms with Crippen LogP contribution in [0.5, 0.6) is 5.75 Å². The summed E-state index contributed by atoms with van der Waals surface area (Å²) in [4.78, 5) is 4.38. The first-order valence-electron chi connectivity index (χ1n) is 9.73. The predicted molar refractivity (Wildman–Crippen MR) is 112 cm³/mol. The molecule has 29 heavy (non-hydrogen) atoms. The molecule has 2 aromatic heterocycles. The lowest BCUT2D eigenvalue weighted by Gasteiger charge is -2.19. The Labute approximate surface area is 175 Å². The van der Waals surface area contributed by atoms with E-state index in [9.17, 15) is 0 Å². The van der Waals surface area contributed by atoms with Crippen molar-refractivity contribution in [1.29, 1.82) is 0 Å². The van der Waals surface area contributed by atoms with Gasteiger partial charge in [0.25, 0.3) is 0 Å². The second-order valence-electron chi connectivity index (χ2n) is 7.83.